The minimum Gasteiger partial charge on any atom is -0.756 e. The number of Topliss-reactive ketones (excluding diaryl/α,β-unsaturated/α-hetero) is 1. The molecule has 0 aliphatic carbocycles. The highest BCUT2D eigenvalue weighted by molar-refractivity contribution is 7.59. The average molecular weight is 767 g/mol. The smallest absolute Gasteiger partial charge is 0.294 e. The summed E-state index contributed by atoms with van der Waals surface area (Å²) in [4.78, 5) is 58.6. The zero-order chi connectivity index (χ0) is 36.9. The number of aromatic nitrogens is 5. The van der Waals surface area contributed by atoms with E-state index in [1.165, 1.54) is 46.9 Å². The first-order valence-corrected chi connectivity index (χ1v) is 17.8. The largest absolute Gasteiger partial charge is 0.756 e. The van der Waals surface area contributed by atoms with E-state index in [0.29, 0.717) is 0 Å². The number of phosphoric ester groups is 2. The lowest BCUT2D eigenvalue weighted by Crippen LogP contribution is -2.46. The predicted molar refractivity (Wildman–Crippen MR) is 158 cm³/mol. The van der Waals surface area contributed by atoms with Gasteiger partial charge in [-0.1, -0.05) is 0 Å². The second kappa shape index (κ2) is 16.8. The Kier molecular flexibility index (Phi) is 12.9. The van der Waals surface area contributed by atoms with Gasteiger partial charge in [0.2, 0.25) is 6.29 Å². The van der Waals surface area contributed by atoms with Crippen LogP contribution in [0.5, 0.6) is 0 Å². The number of fused-ring (bicyclic) bond motifs is 1. The fraction of sp³-hybridized carbons (Fsp3) is 0.560. The first-order chi connectivity index (χ1) is 24.2. The van der Waals surface area contributed by atoms with E-state index in [1.54, 1.807) is 0 Å². The molecule has 0 saturated carbocycles. The van der Waals surface area contributed by atoms with Crippen molar-refractivity contribution in [3.63, 3.8) is 0 Å². The number of aliphatic hydroxyl groups is 4. The molecule has 0 bridgehead atoms. The van der Waals surface area contributed by atoms with Crippen LogP contribution in [0, 0.1) is 0 Å². The molecule has 5 heterocycles. The van der Waals surface area contributed by atoms with E-state index in [4.69, 9.17) is 24.9 Å². The topological polar surface area (TPSA) is 338 Å². The second-order valence-corrected chi connectivity index (χ2v) is 13.8. The monoisotopic (exact) mass is 766 g/mol. The van der Waals surface area contributed by atoms with Gasteiger partial charge in [0.05, 0.1) is 44.9 Å². The lowest BCUT2D eigenvalue weighted by molar-refractivity contribution is -0.767. The van der Waals surface area contributed by atoms with E-state index in [1.807, 2.05) is 0 Å². The SMILES string of the molecule is CC(=O)c1ccc[n+]([C@H]2O[C@@H](OP(=O)([O-])OP(=O)([O-])OC[C@H]3O[C@@H](n4cnc5c(NOCCOCCON)ncnc54)C(O)C3O)C(O)C2O)c1. The normalized spacial score (nSPS) is 28.9. The molecule has 3 aromatic heterocycles. The molecule has 7 N–H and O–H groups in total. The summed E-state index contributed by atoms with van der Waals surface area (Å²) in [5.74, 6) is 4.71. The first kappa shape index (κ1) is 39.2. The van der Waals surface area contributed by atoms with Gasteiger partial charge in [-0.05, 0) is 13.0 Å². The number of ketones is 1. The number of nitrogens with two attached hydrogens (primary N) is 1. The maximum atomic E-state index is 12.5. The Morgan fingerprint density at radius 2 is 1.80 bits per heavy atom. The van der Waals surface area contributed by atoms with E-state index >= 15 is 0 Å². The number of anilines is 1. The molecule has 24 nitrogen and oxygen atoms in total. The third-order valence-electron chi connectivity index (χ3n) is 7.36. The van der Waals surface area contributed by atoms with Crippen molar-refractivity contribution >= 4 is 38.4 Å². The average Bonchev–Trinajstić information content (AvgIpc) is 3.72. The number of aliphatic hydroxyl groups excluding tert-OH is 4. The zero-order valence-corrected chi connectivity index (χ0v) is 28.2. The van der Waals surface area contributed by atoms with Crippen LogP contribution in [-0.4, -0.2) is 116 Å². The minimum absolute atomic E-state index is 0.105. The molecule has 6 unspecified atom stereocenters. The summed E-state index contributed by atoms with van der Waals surface area (Å²) < 4.78 is 56.7. The molecule has 2 fully saturated rings. The van der Waals surface area contributed by atoms with Gasteiger partial charge in [-0.15, -0.1) is 0 Å². The number of imidazole rings is 1. The summed E-state index contributed by atoms with van der Waals surface area (Å²) in [5.41, 5.74) is 3.08. The molecule has 0 spiro atoms. The number of ether oxygens (including phenoxy) is 3. The van der Waals surface area contributed by atoms with Crippen molar-refractivity contribution in [3.8, 4) is 0 Å². The molecule has 3 aromatic rings. The molecule has 2 aliphatic heterocycles. The van der Waals surface area contributed by atoms with E-state index in [0.717, 1.165) is 6.33 Å². The fourth-order valence-corrected chi connectivity index (χ4v) is 7.00. The number of nitrogens with zero attached hydrogens (tertiary/aromatic N) is 5. The van der Waals surface area contributed by atoms with Gasteiger partial charge in [0, 0.05) is 6.07 Å². The molecule has 0 amide bonds. The maximum Gasteiger partial charge on any atom is 0.294 e. The quantitative estimate of drug-likeness (QED) is 0.0240. The van der Waals surface area contributed by atoms with Crippen LogP contribution in [0.1, 0.15) is 29.7 Å². The Morgan fingerprint density at radius 1 is 1.04 bits per heavy atom. The number of hydrogen-bond acceptors (Lipinski definition) is 22. The summed E-state index contributed by atoms with van der Waals surface area (Å²) in [6.45, 7) is 1.00. The molecule has 51 heavy (non-hydrogen) atoms. The van der Waals surface area contributed by atoms with Gasteiger partial charge in [-0.2, -0.15) is 4.57 Å². The lowest BCUT2D eigenvalue weighted by atomic mass is 10.1. The number of carbonyl (C=O) groups excluding carboxylic acids is 1. The third kappa shape index (κ3) is 9.53. The first-order valence-electron chi connectivity index (χ1n) is 14.9. The van der Waals surface area contributed by atoms with Crippen LogP contribution >= 0.6 is 15.6 Å². The standard InChI is InChI=1S/C25H35N7O17P2/c1-13(33)14-3-2-4-31(9-14)23-19(36)20(37)25(47-23)48-51(40,41)49-50(38,39)45-10-15-17(34)18(35)24(46-15)32-12-29-16-21(27-11-28-22(16)32)30-44-8-6-42-5-7-43-26/h2-4,9,11-12,15,17-20,23-25,34-37H,5-8,10,26H2,1H3,(H2-,27,28,30,38,39,40,41)/p-1/t15-,17?,18?,19?,20?,23+,24-,25+/m1/s1. The molecular weight excluding hydrogens is 732 g/mol. The summed E-state index contributed by atoms with van der Waals surface area (Å²) in [5, 5.41) is 42.0. The van der Waals surface area contributed by atoms with Crippen molar-refractivity contribution in [1.82, 2.24) is 19.5 Å². The van der Waals surface area contributed by atoms with Crippen LogP contribution in [0.15, 0.2) is 37.2 Å². The molecule has 0 aromatic carbocycles. The van der Waals surface area contributed by atoms with Crippen molar-refractivity contribution in [2.45, 2.75) is 56.2 Å². The van der Waals surface area contributed by atoms with Crippen LogP contribution in [-0.2, 0) is 46.4 Å². The van der Waals surface area contributed by atoms with E-state index < -0.39 is 71.5 Å². The summed E-state index contributed by atoms with van der Waals surface area (Å²) in [6, 6.07) is 2.90. The lowest BCUT2D eigenvalue weighted by Gasteiger charge is -2.32. The maximum absolute atomic E-state index is 12.5. The van der Waals surface area contributed by atoms with Gasteiger partial charge in [0.15, 0.2) is 47.5 Å². The van der Waals surface area contributed by atoms with Crippen LogP contribution in [0.2, 0.25) is 0 Å². The van der Waals surface area contributed by atoms with Gasteiger partial charge >= 0.3 is 0 Å². The third-order valence-corrected chi connectivity index (χ3v) is 9.89. The molecule has 2 saturated heterocycles. The van der Waals surface area contributed by atoms with Crippen LogP contribution in [0.3, 0.4) is 0 Å². The summed E-state index contributed by atoms with van der Waals surface area (Å²) >= 11 is 0. The number of rotatable bonds is 18. The highest BCUT2D eigenvalue weighted by Gasteiger charge is 2.51. The molecule has 10 atom stereocenters. The van der Waals surface area contributed by atoms with Crippen LogP contribution in [0.4, 0.5) is 5.82 Å². The Balaban J connectivity index is 1.16. The molecule has 26 heteroatoms. The second-order valence-electron chi connectivity index (χ2n) is 10.9. The number of hydrogen-bond donors (Lipinski definition) is 6. The Bertz CT molecular complexity index is 1750. The minimum atomic E-state index is -5.88. The van der Waals surface area contributed by atoms with Crippen molar-refractivity contribution in [2.75, 3.05) is 38.5 Å². The summed E-state index contributed by atoms with van der Waals surface area (Å²) in [7, 11) is -11.7. The van der Waals surface area contributed by atoms with Gasteiger partial charge < -0.3 is 49.0 Å². The number of carbonyl (C=O) groups is 1. The van der Waals surface area contributed by atoms with Gasteiger partial charge in [-0.25, -0.2) is 30.6 Å². The van der Waals surface area contributed by atoms with Gasteiger partial charge in [0.25, 0.3) is 21.9 Å². The number of phosphoric acid groups is 2. The fourth-order valence-electron chi connectivity index (χ4n) is 4.92. The predicted octanol–water partition coefficient (Wildman–Crippen LogP) is -3.55. The van der Waals surface area contributed by atoms with Crippen LogP contribution < -0.4 is 25.7 Å². The van der Waals surface area contributed by atoms with E-state index in [9.17, 15) is 44.1 Å². The van der Waals surface area contributed by atoms with Gasteiger partial charge in [0.1, 0.15) is 30.7 Å². The number of nitrogens with one attached hydrogen (secondary N) is 1. The van der Waals surface area contributed by atoms with Gasteiger partial charge in [-0.3, -0.25) is 32.6 Å². The number of pyridine rings is 1. The molecule has 282 valence electrons. The molecular formula is C25H34N7O17P2-. The Morgan fingerprint density at radius 3 is 2.55 bits per heavy atom. The highest BCUT2D eigenvalue weighted by atomic mass is 31.3. The molecule has 2 aliphatic rings. The van der Waals surface area contributed by atoms with E-state index in [-0.39, 0.29) is 54.8 Å². The van der Waals surface area contributed by atoms with Crippen molar-refractivity contribution in [1.29, 1.82) is 0 Å². The van der Waals surface area contributed by atoms with Crippen molar-refractivity contribution in [2.24, 2.45) is 5.90 Å². The zero-order valence-electron chi connectivity index (χ0n) is 26.4. The summed E-state index contributed by atoms with van der Waals surface area (Å²) in [6.07, 6.45) is -8.74. The molecule has 5 rings (SSSR count). The van der Waals surface area contributed by atoms with Crippen molar-refractivity contribution in [3.05, 3.63) is 42.7 Å². The van der Waals surface area contributed by atoms with Crippen LogP contribution in [0.25, 0.3) is 11.2 Å². The Labute approximate surface area is 287 Å². The van der Waals surface area contributed by atoms with Crippen molar-refractivity contribution < 1.29 is 85.9 Å². The highest BCUT2D eigenvalue weighted by Crippen LogP contribution is 2.57. The molecule has 0 radical (unpaired) electrons. The van der Waals surface area contributed by atoms with E-state index in [2.05, 4.69) is 38.6 Å². The Hall–Kier alpha value is -2.97.